The number of carbonyl (C=O) groups is 2. The molecule has 1 aliphatic carbocycles. The predicted molar refractivity (Wildman–Crippen MR) is 51.9 cm³/mol. The largest absolute Gasteiger partial charge is 0.459 e. The molecule has 0 aromatic heterocycles. The summed E-state index contributed by atoms with van der Waals surface area (Å²) in [5.74, 6) is -1.76. The van der Waals surface area contributed by atoms with E-state index in [1.54, 1.807) is 13.0 Å². The van der Waals surface area contributed by atoms with Gasteiger partial charge >= 0.3 is 5.97 Å². The predicted octanol–water partition coefficient (Wildman–Crippen LogP) is 0.444. The van der Waals surface area contributed by atoms with Crippen molar-refractivity contribution in [3.05, 3.63) is 12.7 Å². The van der Waals surface area contributed by atoms with Crippen LogP contribution < -0.4 is 0 Å². The number of ether oxygens (including phenoxy) is 1. The molecule has 0 aromatic rings. The van der Waals surface area contributed by atoms with E-state index in [0.717, 1.165) is 0 Å². The zero-order valence-corrected chi connectivity index (χ0v) is 8.60. The Labute approximate surface area is 87.9 Å². The minimum Gasteiger partial charge on any atom is -0.459 e. The number of hydrogen-bond acceptors (Lipinski definition) is 4. The van der Waals surface area contributed by atoms with Crippen molar-refractivity contribution in [3.8, 4) is 0 Å². The Morgan fingerprint density at radius 1 is 1.67 bits per heavy atom. The van der Waals surface area contributed by atoms with Gasteiger partial charge in [-0.3, -0.25) is 4.79 Å². The van der Waals surface area contributed by atoms with Gasteiger partial charge in [0.25, 0.3) is 0 Å². The highest BCUT2D eigenvalue weighted by atomic mass is 16.6. The van der Waals surface area contributed by atoms with Crippen LogP contribution in [0.4, 0.5) is 0 Å². The Morgan fingerprint density at radius 3 is 2.93 bits per heavy atom. The van der Waals surface area contributed by atoms with Gasteiger partial charge in [0.15, 0.2) is 5.60 Å². The van der Waals surface area contributed by atoms with Gasteiger partial charge in [-0.25, -0.2) is 4.79 Å². The number of allylic oxidation sites excluding steroid dienone is 1. The van der Waals surface area contributed by atoms with Crippen LogP contribution in [0, 0.1) is 11.8 Å². The summed E-state index contributed by atoms with van der Waals surface area (Å²) in [5.41, 5.74) is -1.61. The molecule has 0 aromatic carbocycles. The topological polar surface area (TPSA) is 63.6 Å². The molecular weight excluding hydrogens is 196 g/mol. The Kier molecular flexibility index (Phi) is 2.19. The van der Waals surface area contributed by atoms with Gasteiger partial charge in [0.1, 0.15) is 11.9 Å². The number of Topliss-reactive ketones (excluding diaryl/α,β-unsaturated/α-hetero) is 1. The van der Waals surface area contributed by atoms with E-state index < -0.39 is 23.6 Å². The van der Waals surface area contributed by atoms with Crippen LogP contribution in [0.1, 0.15) is 19.8 Å². The number of hydrogen-bond donors (Lipinski definition) is 1. The first-order valence-corrected chi connectivity index (χ1v) is 5.08. The second-order valence-electron chi connectivity index (χ2n) is 4.34. The fourth-order valence-electron chi connectivity index (χ4n) is 2.45. The lowest BCUT2D eigenvalue weighted by molar-refractivity contribution is -0.159. The molecule has 4 nitrogen and oxygen atoms in total. The Bertz CT molecular complexity index is 335. The van der Waals surface area contributed by atoms with Gasteiger partial charge in [-0.15, -0.1) is 6.58 Å². The maximum atomic E-state index is 11.9. The average Bonchev–Trinajstić information content (AvgIpc) is 2.47. The molecule has 2 bridgehead atoms. The summed E-state index contributed by atoms with van der Waals surface area (Å²) in [5, 5.41) is 10.1. The third-order valence-corrected chi connectivity index (χ3v) is 3.45. The summed E-state index contributed by atoms with van der Waals surface area (Å²) in [4.78, 5) is 23.4. The minimum atomic E-state index is -1.61. The molecule has 1 heterocycles. The zero-order valence-electron chi connectivity index (χ0n) is 8.60. The molecule has 82 valence electrons. The van der Waals surface area contributed by atoms with Crippen molar-refractivity contribution in [3.63, 3.8) is 0 Å². The van der Waals surface area contributed by atoms with Crippen molar-refractivity contribution < 1.29 is 19.4 Å². The van der Waals surface area contributed by atoms with Gasteiger partial charge in [-0.1, -0.05) is 13.0 Å². The maximum absolute atomic E-state index is 11.9. The molecular formula is C11H14O4. The second kappa shape index (κ2) is 3.17. The van der Waals surface area contributed by atoms with E-state index in [-0.39, 0.29) is 18.1 Å². The molecule has 2 aliphatic rings. The van der Waals surface area contributed by atoms with E-state index in [1.165, 1.54) is 0 Å². The number of ketones is 1. The third kappa shape index (κ3) is 1.24. The number of carbonyl (C=O) groups excluding carboxylic acids is 2. The van der Waals surface area contributed by atoms with Gasteiger partial charge < -0.3 is 9.84 Å². The number of esters is 1. The summed E-state index contributed by atoms with van der Waals surface area (Å²) >= 11 is 0. The summed E-state index contributed by atoms with van der Waals surface area (Å²) in [6, 6.07) is 0. The van der Waals surface area contributed by atoms with Crippen LogP contribution in [-0.2, 0) is 14.3 Å². The van der Waals surface area contributed by atoms with Crippen LogP contribution in [0.25, 0.3) is 0 Å². The first-order chi connectivity index (χ1) is 7.00. The highest BCUT2D eigenvalue weighted by Gasteiger charge is 2.61. The summed E-state index contributed by atoms with van der Waals surface area (Å²) in [6.07, 6.45) is 1.66. The highest BCUT2D eigenvalue weighted by molar-refractivity contribution is 5.96. The van der Waals surface area contributed by atoms with Crippen molar-refractivity contribution in [2.24, 2.45) is 11.8 Å². The fraction of sp³-hybridized carbons (Fsp3) is 0.636. The van der Waals surface area contributed by atoms with Crippen LogP contribution in [0.15, 0.2) is 12.7 Å². The molecule has 4 heteroatoms. The van der Waals surface area contributed by atoms with Crippen molar-refractivity contribution >= 4 is 11.8 Å². The molecule has 0 amide bonds. The van der Waals surface area contributed by atoms with Gasteiger partial charge in [0.2, 0.25) is 0 Å². The van der Waals surface area contributed by atoms with E-state index >= 15 is 0 Å². The van der Waals surface area contributed by atoms with Crippen molar-refractivity contribution in [1.82, 2.24) is 0 Å². The molecule has 1 saturated carbocycles. The average molecular weight is 210 g/mol. The summed E-state index contributed by atoms with van der Waals surface area (Å²) in [7, 11) is 0. The standard InChI is InChI=1S/C11H14O4/c1-3-4-7-9(12)6(2)8-5-11(7,14)10(13)15-8/h3,6-8,14H,1,4-5H2,2H3. The Morgan fingerprint density at radius 2 is 2.33 bits per heavy atom. The summed E-state index contributed by atoms with van der Waals surface area (Å²) < 4.78 is 5.00. The van der Waals surface area contributed by atoms with E-state index in [9.17, 15) is 14.7 Å². The van der Waals surface area contributed by atoms with Gasteiger partial charge in [-0.2, -0.15) is 0 Å². The van der Waals surface area contributed by atoms with Gasteiger partial charge in [0.05, 0.1) is 11.8 Å². The molecule has 1 aliphatic heterocycles. The molecule has 1 saturated heterocycles. The van der Waals surface area contributed by atoms with Gasteiger partial charge in [-0.05, 0) is 6.42 Å². The summed E-state index contributed by atoms with van der Waals surface area (Å²) in [6.45, 7) is 5.27. The van der Waals surface area contributed by atoms with E-state index in [1.807, 2.05) is 0 Å². The first kappa shape index (κ1) is 10.4. The lowest BCUT2D eigenvalue weighted by atomic mass is 9.70. The monoisotopic (exact) mass is 210 g/mol. The molecule has 15 heavy (non-hydrogen) atoms. The van der Waals surface area contributed by atoms with Crippen LogP contribution >= 0.6 is 0 Å². The highest BCUT2D eigenvalue weighted by Crippen LogP contribution is 2.44. The molecule has 1 N–H and O–H groups in total. The SMILES string of the molecule is C=CCC1C(=O)C(C)C2CC1(O)C(=O)O2. The molecule has 2 rings (SSSR count). The smallest absolute Gasteiger partial charge is 0.339 e. The van der Waals surface area contributed by atoms with Crippen molar-refractivity contribution in [1.29, 1.82) is 0 Å². The van der Waals surface area contributed by atoms with Crippen molar-refractivity contribution in [2.75, 3.05) is 0 Å². The lowest BCUT2D eigenvalue weighted by Gasteiger charge is -2.33. The van der Waals surface area contributed by atoms with Crippen LogP contribution in [0.2, 0.25) is 0 Å². The van der Waals surface area contributed by atoms with Crippen LogP contribution in [-0.4, -0.2) is 28.6 Å². The number of aliphatic hydroxyl groups is 1. The minimum absolute atomic E-state index is 0.0977. The normalized spacial score (nSPS) is 44.0. The molecule has 4 unspecified atom stereocenters. The second-order valence-corrected chi connectivity index (χ2v) is 4.34. The van der Waals surface area contributed by atoms with Gasteiger partial charge in [0, 0.05) is 6.42 Å². The molecule has 0 radical (unpaired) electrons. The van der Waals surface area contributed by atoms with Crippen molar-refractivity contribution in [2.45, 2.75) is 31.5 Å². The Balaban J connectivity index is 2.38. The number of fused-ring (bicyclic) bond motifs is 2. The fourth-order valence-corrected chi connectivity index (χ4v) is 2.45. The van der Waals surface area contributed by atoms with Crippen LogP contribution in [0.5, 0.6) is 0 Å². The van der Waals surface area contributed by atoms with E-state index in [2.05, 4.69) is 6.58 Å². The van der Waals surface area contributed by atoms with E-state index in [4.69, 9.17) is 4.74 Å². The molecule has 0 spiro atoms. The molecule has 4 atom stereocenters. The quantitative estimate of drug-likeness (QED) is 0.530. The Hall–Kier alpha value is -1.16. The third-order valence-electron chi connectivity index (χ3n) is 3.45. The van der Waals surface area contributed by atoms with Crippen LogP contribution in [0.3, 0.4) is 0 Å². The maximum Gasteiger partial charge on any atom is 0.339 e. The first-order valence-electron chi connectivity index (χ1n) is 5.08. The van der Waals surface area contributed by atoms with E-state index in [0.29, 0.717) is 6.42 Å². The lowest BCUT2D eigenvalue weighted by Crippen LogP contribution is -2.51. The number of rotatable bonds is 2. The zero-order chi connectivity index (χ0) is 11.2. The molecule has 2 fully saturated rings.